The Morgan fingerprint density at radius 1 is 1.00 bits per heavy atom. The summed E-state index contributed by atoms with van der Waals surface area (Å²) in [5.74, 6) is 2.15. The molecular formula is C26H27N5O4. The van der Waals surface area contributed by atoms with E-state index in [1.54, 1.807) is 18.7 Å². The number of amides is 1. The van der Waals surface area contributed by atoms with Crippen molar-refractivity contribution >= 4 is 23.4 Å². The molecule has 0 spiro atoms. The maximum Gasteiger partial charge on any atom is 0.407 e. The first-order valence-electron chi connectivity index (χ1n) is 11.5. The number of nitrogens with one attached hydrogen (secondary N) is 1. The maximum atomic E-state index is 11.1. The second-order valence-electron chi connectivity index (χ2n) is 8.46. The number of carboxylic acid groups (broad SMARTS) is 1. The summed E-state index contributed by atoms with van der Waals surface area (Å²) in [7, 11) is 3.24. The van der Waals surface area contributed by atoms with Crippen molar-refractivity contribution in [2.24, 2.45) is 0 Å². The van der Waals surface area contributed by atoms with Crippen molar-refractivity contribution in [3.05, 3.63) is 66.4 Å². The summed E-state index contributed by atoms with van der Waals surface area (Å²) in [5.41, 5.74) is 4.55. The van der Waals surface area contributed by atoms with Gasteiger partial charge in [-0.25, -0.2) is 9.31 Å². The number of aromatic nitrogens is 3. The molecule has 1 saturated heterocycles. The zero-order valence-corrected chi connectivity index (χ0v) is 19.6. The Balaban J connectivity index is 1.36. The third-order valence-electron chi connectivity index (χ3n) is 6.46. The number of fused-ring (bicyclic) bond motifs is 1. The second kappa shape index (κ2) is 9.54. The number of piperidine rings is 1. The fourth-order valence-corrected chi connectivity index (χ4v) is 4.64. The standard InChI is InChI=1S/C26H27N5O4/c1-34-22-7-3-5-20(23(22)35-2)21-6-4-14-31-24(21)28-25(29-31)27-19-10-8-17(9-11-19)18-12-15-30(16-13-18)26(32)33/h3-11,14,18H,12-13,15-16H2,1-2H3,(H,27,29)(H,32,33). The molecule has 4 aromatic rings. The van der Waals surface area contributed by atoms with Gasteiger partial charge in [0.25, 0.3) is 0 Å². The van der Waals surface area contributed by atoms with Crippen LogP contribution in [0.25, 0.3) is 16.8 Å². The summed E-state index contributed by atoms with van der Waals surface area (Å²) >= 11 is 0. The molecule has 0 radical (unpaired) electrons. The van der Waals surface area contributed by atoms with Gasteiger partial charge in [0.2, 0.25) is 5.95 Å². The van der Waals surface area contributed by atoms with Gasteiger partial charge >= 0.3 is 6.09 Å². The number of para-hydroxylation sites is 1. The molecule has 0 unspecified atom stereocenters. The molecule has 1 fully saturated rings. The number of ether oxygens (including phenoxy) is 2. The van der Waals surface area contributed by atoms with Gasteiger partial charge in [-0.15, -0.1) is 5.10 Å². The molecule has 35 heavy (non-hydrogen) atoms. The third kappa shape index (κ3) is 4.44. The van der Waals surface area contributed by atoms with E-state index in [0.29, 0.717) is 42.1 Å². The van der Waals surface area contributed by atoms with E-state index in [1.807, 2.05) is 48.7 Å². The first-order valence-corrected chi connectivity index (χ1v) is 11.5. The van der Waals surface area contributed by atoms with Crippen LogP contribution in [0.4, 0.5) is 16.4 Å². The fourth-order valence-electron chi connectivity index (χ4n) is 4.64. The SMILES string of the molecule is COc1cccc(-c2cccn3nc(Nc4ccc(C5CCN(C(=O)O)CC5)cc4)nc23)c1OC. The van der Waals surface area contributed by atoms with Crippen molar-refractivity contribution < 1.29 is 19.4 Å². The molecule has 1 aliphatic rings. The van der Waals surface area contributed by atoms with Crippen LogP contribution in [-0.2, 0) is 0 Å². The van der Waals surface area contributed by atoms with Crippen LogP contribution in [0.15, 0.2) is 60.8 Å². The van der Waals surface area contributed by atoms with Crippen molar-refractivity contribution in [2.45, 2.75) is 18.8 Å². The van der Waals surface area contributed by atoms with E-state index in [2.05, 4.69) is 22.5 Å². The van der Waals surface area contributed by atoms with Crippen molar-refractivity contribution in [1.82, 2.24) is 19.5 Å². The lowest BCUT2D eigenvalue weighted by Gasteiger charge is -2.30. The Morgan fingerprint density at radius 3 is 2.43 bits per heavy atom. The zero-order valence-electron chi connectivity index (χ0n) is 19.6. The molecule has 2 N–H and O–H groups in total. The van der Waals surface area contributed by atoms with Gasteiger partial charge in [0, 0.05) is 36.1 Å². The smallest absolute Gasteiger partial charge is 0.407 e. The second-order valence-corrected chi connectivity index (χ2v) is 8.46. The van der Waals surface area contributed by atoms with Gasteiger partial charge in [0.05, 0.1) is 14.2 Å². The molecule has 1 aliphatic heterocycles. The van der Waals surface area contributed by atoms with Crippen molar-refractivity contribution in [3.63, 3.8) is 0 Å². The number of hydrogen-bond acceptors (Lipinski definition) is 6. The minimum absolute atomic E-state index is 0.369. The van der Waals surface area contributed by atoms with Crippen LogP contribution in [0.2, 0.25) is 0 Å². The summed E-state index contributed by atoms with van der Waals surface area (Å²) in [6.07, 6.45) is 2.69. The van der Waals surface area contributed by atoms with Gasteiger partial charge in [-0.2, -0.15) is 4.98 Å². The number of anilines is 2. The molecule has 3 heterocycles. The largest absolute Gasteiger partial charge is 0.493 e. The quantitative estimate of drug-likeness (QED) is 0.406. The molecule has 0 saturated carbocycles. The first kappa shape index (κ1) is 22.5. The lowest BCUT2D eigenvalue weighted by atomic mass is 9.89. The lowest BCUT2D eigenvalue weighted by molar-refractivity contribution is 0.132. The number of methoxy groups -OCH3 is 2. The van der Waals surface area contributed by atoms with E-state index in [4.69, 9.17) is 19.6 Å². The molecule has 9 nitrogen and oxygen atoms in total. The summed E-state index contributed by atoms with van der Waals surface area (Å²) in [4.78, 5) is 17.4. The van der Waals surface area contributed by atoms with Crippen LogP contribution in [0.3, 0.4) is 0 Å². The molecule has 9 heteroatoms. The molecule has 180 valence electrons. The van der Waals surface area contributed by atoms with Gasteiger partial charge in [0.1, 0.15) is 0 Å². The molecule has 0 aliphatic carbocycles. The average Bonchev–Trinajstić information content (AvgIpc) is 3.31. The highest BCUT2D eigenvalue weighted by atomic mass is 16.5. The molecule has 0 atom stereocenters. The van der Waals surface area contributed by atoms with Crippen molar-refractivity contribution in [3.8, 4) is 22.6 Å². The number of pyridine rings is 1. The number of carbonyl (C=O) groups is 1. The topological polar surface area (TPSA) is 101 Å². The maximum absolute atomic E-state index is 11.1. The summed E-state index contributed by atoms with van der Waals surface area (Å²) in [5, 5.41) is 17.0. The van der Waals surface area contributed by atoms with Crippen LogP contribution in [-0.4, -0.2) is 58.0 Å². The average molecular weight is 474 g/mol. The third-order valence-corrected chi connectivity index (χ3v) is 6.46. The number of likely N-dealkylation sites (tertiary alicyclic amines) is 1. The van der Waals surface area contributed by atoms with E-state index >= 15 is 0 Å². The van der Waals surface area contributed by atoms with Gasteiger partial charge in [0.15, 0.2) is 17.1 Å². The Morgan fingerprint density at radius 2 is 1.74 bits per heavy atom. The Hall–Kier alpha value is -4.27. The fraction of sp³-hybridized carbons (Fsp3) is 0.269. The van der Waals surface area contributed by atoms with Crippen molar-refractivity contribution in [2.75, 3.05) is 32.6 Å². The minimum atomic E-state index is -0.837. The number of hydrogen-bond donors (Lipinski definition) is 2. The molecule has 0 bridgehead atoms. The van der Waals surface area contributed by atoms with E-state index in [-0.39, 0.29) is 0 Å². The Bertz CT molecular complexity index is 1340. The van der Waals surface area contributed by atoms with Gasteiger partial charge in [-0.05, 0) is 54.7 Å². The van der Waals surface area contributed by atoms with Crippen LogP contribution in [0.5, 0.6) is 11.5 Å². The highest BCUT2D eigenvalue weighted by Gasteiger charge is 2.23. The first-order chi connectivity index (χ1) is 17.1. The highest BCUT2D eigenvalue weighted by Crippen LogP contribution is 2.39. The van der Waals surface area contributed by atoms with E-state index in [9.17, 15) is 4.79 Å². The minimum Gasteiger partial charge on any atom is -0.493 e. The molecule has 1 amide bonds. The lowest BCUT2D eigenvalue weighted by Crippen LogP contribution is -2.36. The number of rotatable bonds is 6. The predicted molar refractivity (Wildman–Crippen MR) is 133 cm³/mol. The monoisotopic (exact) mass is 473 g/mol. The predicted octanol–water partition coefficient (Wildman–Crippen LogP) is 5.01. The van der Waals surface area contributed by atoms with Crippen LogP contribution in [0.1, 0.15) is 24.3 Å². The van der Waals surface area contributed by atoms with E-state index < -0.39 is 6.09 Å². The van der Waals surface area contributed by atoms with Crippen LogP contribution >= 0.6 is 0 Å². The normalized spacial score (nSPS) is 14.2. The van der Waals surface area contributed by atoms with Crippen molar-refractivity contribution in [1.29, 1.82) is 0 Å². The van der Waals surface area contributed by atoms with Crippen LogP contribution < -0.4 is 14.8 Å². The number of benzene rings is 2. The Kier molecular flexibility index (Phi) is 6.13. The van der Waals surface area contributed by atoms with Crippen LogP contribution in [0, 0.1) is 0 Å². The Labute approximate surface area is 202 Å². The van der Waals surface area contributed by atoms with Gasteiger partial charge < -0.3 is 24.8 Å². The van der Waals surface area contributed by atoms with E-state index in [1.165, 1.54) is 10.5 Å². The number of nitrogens with zero attached hydrogens (tertiary/aromatic N) is 4. The highest BCUT2D eigenvalue weighted by molar-refractivity contribution is 5.83. The molecule has 2 aromatic carbocycles. The summed E-state index contributed by atoms with van der Waals surface area (Å²) in [6.45, 7) is 1.15. The molecule has 5 rings (SSSR count). The zero-order chi connectivity index (χ0) is 24.4. The van der Waals surface area contributed by atoms with Gasteiger partial charge in [-0.3, -0.25) is 0 Å². The molecular weight excluding hydrogens is 446 g/mol. The summed E-state index contributed by atoms with van der Waals surface area (Å²) < 4.78 is 12.8. The van der Waals surface area contributed by atoms with E-state index in [0.717, 1.165) is 29.7 Å². The summed E-state index contributed by atoms with van der Waals surface area (Å²) in [6, 6.07) is 17.9. The molecule has 2 aromatic heterocycles. The van der Waals surface area contributed by atoms with Gasteiger partial charge in [-0.1, -0.05) is 24.3 Å².